The first-order valence-corrected chi connectivity index (χ1v) is 9.76. The average Bonchev–Trinajstić information content (AvgIpc) is 3.14. The summed E-state index contributed by atoms with van der Waals surface area (Å²) in [4.78, 5) is 35.9. The molecule has 2 N–H and O–H groups in total. The highest BCUT2D eigenvalue weighted by Crippen LogP contribution is 2.35. The van der Waals surface area contributed by atoms with E-state index in [-0.39, 0.29) is 24.2 Å². The lowest BCUT2D eigenvalue weighted by Crippen LogP contribution is -2.32. The topological polar surface area (TPSA) is 131 Å². The molecule has 0 aromatic heterocycles. The van der Waals surface area contributed by atoms with E-state index in [4.69, 9.17) is 9.47 Å². The molecular weight excluding hydrogens is 406 g/mol. The van der Waals surface area contributed by atoms with Crippen molar-refractivity contribution in [1.82, 2.24) is 5.32 Å². The van der Waals surface area contributed by atoms with Crippen molar-refractivity contribution in [2.75, 3.05) is 18.1 Å². The Morgan fingerprint density at radius 1 is 1.39 bits per heavy atom. The zero-order chi connectivity index (χ0) is 22.5. The fraction of sp³-hybridized carbons (Fsp3) is 0.333. The molecule has 1 fully saturated rings. The molecule has 0 aliphatic carbocycles. The van der Waals surface area contributed by atoms with Gasteiger partial charge in [-0.15, -0.1) is 0 Å². The molecule has 0 saturated carbocycles. The highest BCUT2D eigenvalue weighted by atomic mass is 16.6. The van der Waals surface area contributed by atoms with E-state index < -0.39 is 29.3 Å². The third-order valence-corrected chi connectivity index (χ3v) is 4.90. The Hall–Kier alpha value is -3.66. The van der Waals surface area contributed by atoms with Crippen molar-refractivity contribution in [3.05, 3.63) is 63.7 Å². The molecule has 164 valence electrons. The van der Waals surface area contributed by atoms with Crippen molar-refractivity contribution >= 4 is 29.1 Å². The first-order valence-electron chi connectivity index (χ1n) is 9.76. The summed E-state index contributed by atoms with van der Waals surface area (Å²) in [5, 5.41) is 23.9. The molecule has 1 aliphatic heterocycles. The number of aromatic carboxylic acids is 1. The molecule has 0 bridgehead atoms. The molecule has 2 atom stereocenters. The number of amides is 1. The molecule has 1 saturated heterocycles. The fourth-order valence-electron chi connectivity index (χ4n) is 3.56. The molecule has 2 aromatic rings. The Kier molecular flexibility index (Phi) is 6.71. The van der Waals surface area contributed by atoms with Gasteiger partial charge in [-0.25, -0.2) is 9.59 Å². The molecular formula is C21H23N3O7. The van der Waals surface area contributed by atoms with Crippen LogP contribution in [0.2, 0.25) is 0 Å². The van der Waals surface area contributed by atoms with Gasteiger partial charge in [0, 0.05) is 24.7 Å². The Balaban J connectivity index is 2.05. The van der Waals surface area contributed by atoms with Crippen LogP contribution in [0.5, 0.6) is 0 Å². The lowest BCUT2D eigenvalue weighted by molar-refractivity contribution is -0.385. The maximum absolute atomic E-state index is 11.8. The number of nitrogens with zero attached hydrogens (tertiary/aromatic N) is 2. The summed E-state index contributed by atoms with van der Waals surface area (Å²) in [6.07, 6.45) is -1.45. The van der Waals surface area contributed by atoms with Gasteiger partial charge in [0.1, 0.15) is 12.3 Å². The van der Waals surface area contributed by atoms with E-state index in [1.807, 2.05) is 0 Å². The van der Waals surface area contributed by atoms with Crippen LogP contribution >= 0.6 is 0 Å². The number of alkyl carbamates (subject to hydrolysis) is 1. The van der Waals surface area contributed by atoms with Crippen LogP contribution in [0, 0.1) is 10.1 Å². The summed E-state index contributed by atoms with van der Waals surface area (Å²) in [6, 6.07) is 11.0. The summed E-state index contributed by atoms with van der Waals surface area (Å²) >= 11 is 0. The normalized spacial score (nSPS) is 16.3. The van der Waals surface area contributed by atoms with Gasteiger partial charge in [0.25, 0.3) is 5.69 Å². The Labute approximate surface area is 178 Å². The van der Waals surface area contributed by atoms with Crippen molar-refractivity contribution in [3.63, 3.8) is 0 Å². The maximum Gasteiger partial charge on any atom is 0.407 e. The largest absolute Gasteiger partial charge is 0.478 e. The van der Waals surface area contributed by atoms with Gasteiger partial charge in [-0.3, -0.25) is 10.1 Å². The molecule has 0 spiro atoms. The van der Waals surface area contributed by atoms with E-state index in [0.717, 1.165) is 0 Å². The number of carbonyl (C=O) groups excluding carboxylic acids is 1. The van der Waals surface area contributed by atoms with Crippen LogP contribution in [-0.4, -0.2) is 47.6 Å². The Morgan fingerprint density at radius 3 is 2.74 bits per heavy atom. The standard InChI is InChI=1S/C21H23N3O7/c1-3-30-13(2)23(18-7-5-4-6-17(18)20(25)26)15-9-8-14(19(11-15)24(28)29)10-16-12-22-21(27)31-16/h4-9,11,13,16H,3,10,12H2,1-2H3,(H,22,27)(H,25,26). The number of cyclic esters (lactones) is 1. The first-order chi connectivity index (χ1) is 14.8. The summed E-state index contributed by atoms with van der Waals surface area (Å²) in [5.41, 5.74) is 1.07. The molecule has 10 heteroatoms. The van der Waals surface area contributed by atoms with Crippen molar-refractivity contribution in [2.24, 2.45) is 0 Å². The zero-order valence-electron chi connectivity index (χ0n) is 17.1. The van der Waals surface area contributed by atoms with E-state index in [0.29, 0.717) is 23.5 Å². The van der Waals surface area contributed by atoms with Crippen LogP contribution in [0.15, 0.2) is 42.5 Å². The Morgan fingerprint density at radius 2 is 2.13 bits per heavy atom. The van der Waals surface area contributed by atoms with Crippen LogP contribution in [-0.2, 0) is 15.9 Å². The maximum atomic E-state index is 11.8. The highest BCUT2D eigenvalue weighted by Gasteiger charge is 2.28. The highest BCUT2D eigenvalue weighted by molar-refractivity contribution is 5.95. The predicted octanol–water partition coefficient (Wildman–Crippen LogP) is 3.46. The van der Waals surface area contributed by atoms with Crippen molar-refractivity contribution in [1.29, 1.82) is 0 Å². The molecule has 1 heterocycles. The first kappa shape index (κ1) is 22.0. The fourth-order valence-corrected chi connectivity index (χ4v) is 3.56. The lowest BCUT2D eigenvalue weighted by Gasteiger charge is -2.32. The summed E-state index contributed by atoms with van der Waals surface area (Å²) in [6.45, 7) is 4.19. The van der Waals surface area contributed by atoms with Crippen LogP contribution in [0.1, 0.15) is 29.8 Å². The minimum absolute atomic E-state index is 0.0460. The molecule has 0 radical (unpaired) electrons. The smallest absolute Gasteiger partial charge is 0.407 e. The van der Waals surface area contributed by atoms with E-state index in [2.05, 4.69) is 5.32 Å². The second-order valence-corrected chi connectivity index (χ2v) is 6.93. The van der Waals surface area contributed by atoms with Crippen molar-refractivity contribution in [2.45, 2.75) is 32.6 Å². The van der Waals surface area contributed by atoms with E-state index in [1.165, 1.54) is 12.1 Å². The second kappa shape index (κ2) is 9.43. The third-order valence-electron chi connectivity index (χ3n) is 4.90. The Bertz CT molecular complexity index is 995. The van der Waals surface area contributed by atoms with Crippen molar-refractivity contribution in [3.8, 4) is 0 Å². The number of carboxylic acid groups (broad SMARTS) is 1. The number of ether oxygens (including phenoxy) is 2. The molecule has 10 nitrogen and oxygen atoms in total. The molecule has 2 aromatic carbocycles. The monoisotopic (exact) mass is 429 g/mol. The molecule has 2 unspecified atom stereocenters. The summed E-state index contributed by atoms with van der Waals surface area (Å²) in [7, 11) is 0. The number of nitro benzene ring substituents is 1. The summed E-state index contributed by atoms with van der Waals surface area (Å²) < 4.78 is 10.8. The van der Waals surface area contributed by atoms with Gasteiger partial charge >= 0.3 is 12.1 Å². The third kappa shape index (κ3) is 4.92. The number of hydrogen-bond acceptors (Lipinski definition) is 7. The van der Waals surface area contributed by atoms with E-state index in [1.54, 1.807) is 49.1 Å². The van der Waals surface area contributed by atoms with Crippen LogP contribution < -0.4 is 10.2 Å². The molecule has 1 aliphatic rings. The number of carboxylic acids is 1. The number of hydrogen-bond donors (Lipinski definition) is 2. The number of nitro groups is 1. The predicted molar refractivity (Wildman–Crippen MR) is 112 cm³/mol. The average molecular weight is 429 g/mol. The molecule has 3 rings (SSSR count). The SMILES string of the molecule is CCOC(C)N(c1ccc(CC2CNC(=O)O2)c([N+](=O)[O-])c1)c1ccccc1C(=O)O. The second-order valence-electron chi connectivity index (χ2n) is 6.93. The number of rotatable bonds is 9. The van der Waals surface area contributed by atoms with Gasteiger partial charge in [-0.05, 0) is 38.1 Å². The minimum atomic E-state index is -1.12. The quantitative estimate of drug-likeness (QED) is 0.352. The zero-order valence-corrected chi connectivity index (χ0v) is 17.1. The minimum Gasteiger partial charge on any atom is -0.478 e. The van der Waals surface area contributed by atoms with Crippen LogP contribution in [0.25, 0.3) is 0 Å². The van der Waals surface area contributed by atoms with E-state index >= 15 is 0 Å². The number of anilines is 2. The van der Waals surface area contributed by atoms with Crippen molar-refractivity contribution < 1.29 is 29.1 Å². The van der Waals surface area contributed by atoms with Gasteiger partial charge in [0.05, 0.1) is 28.4 Å². The number of para-hydroxylation sites is 1. The van der Waals surface area contributed by atoms with Gasteiger partial charge < -0.3 is 24.8 Å². The summed E-state index contributed by atoms with van der Waals surface area (Å²) in [5.74, 6) is -1.12. The van der Waals surface area contributed by atoms with Crippen LogP contribution in [0.4, 0.5) is 21.9 Å². The number of benzene rings is 2. The van der Waals surface area contributed by atoms with Gasteiger partial charge in [0.2, 0.25) is 0 Å². The van der Waals surface area contributed by atoms with Crippen LogP contribution in [0.3, 0.4) is 0 Å². The number of carbonyl (C=O) groups is 2. The lowest BCUT2D eigenvalue weighted by atomic mass is 10.0. The van der Waals surface area contributed by atoms with Gasteiger partial charge in [-0.1, -0.05) is 12.1 Å². The van der Waals surface area contributed by atoms with Gasteiger partial charge in [-0.2, -0.15) is 0 Å². The van der Waals surface area contributed by atoms with E-state index in [9.17, 15) is 24.8 Å². The van der Waals surface area contributed by atoms with Gasteiger partial charge in [0.15, 0.2) is 0 Å². The number of nitrogens with one attached hydrogen (secondary N) is 1. The molecule has 31 heavy (non-hydrogen) atoms. The molecule has 1 amide bonds.